The normalized spacial score (nSPS) is 10.4. The average Bonchev–Trinajstić information content (AvgIpc) is 3.15. The van der Waals surface area contributed by atoms with E-state index in [1.165, 1.54) is 16.9 Å². The molecule has 0 aliphatic carbocycles. The highest BCUT2D eigenvalue weighted by Crippen LogP contribution is 2.23. The molecule has 1 aromatic heterocycles. The van der Waals surface area contributed by atoms with Crippen molar-refractivity contribution in [3.63, 3.8) is 0 Å². The third-order valence-corrected chi connectivity index (χ3v) is 4.39. The summed E-state index contributed by atoms with van der Waals surface area (Å²) in [6.07, 6.45) is 4.04. The first-order valence-electron chi connectivity index (χ1n) is 8.26. The number of hydrogen-bond acceptors (Lipinski definition) is 4. The van der Waals surface area contributed by atoms with Crippen LogP contribution in [-0.2, 0) is 17.8 Å². The van der Waals surface area contributed by atoms with Gasteiger partial charge in [-0.05, 0) is 36.1 Å². The van der Waals surface area contributed by atoms with Crippen LogP contribution in [-0.4, -0.2) is 10.9 Å². The summed E-state index contributed by atoms with van der Waals surface area (Å²) < 4.78 is 5.61. The standard InChI is InChI=1S/C20H20N2O2S/c23-19(8-4-7-16-5-2-1-3-6-16)22-15-17-9-11-18(12-10-17)24-20-21-13-14-25-20/h1-3,5-6,9-14H,4,7-8,15H2,(H,22,23). The van der Waals surface area contributed by atoms with E-state index in [0.717, 1.165) is 24.2 Å². The third-order valence-electron chi connectivity index (χ3n) is 3.74. The van der Waals surface area contributed by atoms with Crippen molar-refractivity contribution in [3.8, 4) is 10.9 Å². The molecule has 0 spiro atoms. The topological polar surface area (TPSA) is 51.2 Å². The van der Waals surface area contributed by atoms with Gasteiger partial charge in [0, 0.05) is 24.5 Å². The zero-order valence-electron chi connectivity index (χ0n) is 13.9. The predicted octanol–water partition coefficient (Wildman–Crippen LogP) is 4.57. The van der Waals surface area contributed by atoms with E-state index in [0.29, 0.717) is 18.2 Å². The summed E-state index contributed by atoms with van der Waals surface area (Å²) in [4.78, 5) is 16.0. The van der Waals surface area contributed by atoms with Gasteiger partial charge in [0.2, 0.25) is 5.91 Å². The highest BCUT2D eigenvalue weighted by atomic mass is 32.1. The van der Waals surface area contributed by atoms with Crippen molar-refractivity contribution in [1.82, 2.24) is 10.3 Å². The highest BCUT2D eigenvalue weighted by Gasteiger charge is 2.03. The molecule has 0 saturated carbocycles. The molecule has 0 fully saturated rings. The molecule has 1 heterocycles. The second-order valence-corrected chi connectivity index (χ2v) is 6.52. The molecule has 3 aromatic rings. The van der Waals surface area contributed by atoms with E-state index >= 15 is 0 Å². The minimum absolute atomic E-state index is 0.0824. The number of nitrogens with zero attached hydrogens (tertiary/aromatic N) is 1. The number of carbonyl (C=O) groups excluding carboxylic acids is 1. The van der Waals surface area contributed by atoms with Gasteiger partial charge in [-0.15, -0.1) is 0 Å². The first kappa shape index (κ1) is 17.2. The van der Waals surface area contributed by atoms with Crippen LogP contribution >= 0.6 is 11.3 Å². The maximum Gasteiger partial charge on any atom is 0.278 e. The lowest BCUT2D eigenvalue weighted by Gasteiger charge is -2.07. The maximum atomic E-state index is 11.9. The molecular weight excluding hydrogens is 332 g/mol. The fourth-order valence-corrected chi connectivity index (χ4v) is 2.93. The largest absolute Gasteiger partial charge is 0.431 e. The molecule has 0 unspecified atom stereocenters. The molecule has 2 aromatic carbocycles. The number of nitrogens with one attached hydrogen (secondary N) is 1. The van der Waals surface area contributed by atoms with Gasteiger partial charge in [0.25, 0.3) is 5.19 Å². The molecular formula is C20H20N2O2S. The summed E-state index contributed by atoms with van der Waals surface area (Å²) >= 11 is 1.45. The monoisotopic (exact) mass is 352 g/mol. The third kappa shape index (κ3) is 5.72. The van der Waals surface area contributed by atoms with Crippen molar-refractivity contribution in [2.75, 3.05) is 0 Å². The Balaban J connectivity index is 1.38. The van der Waals surface area contributed by atoms with Crippen LogP contribution in [0.3, 0.4) is 0 Å². The Morgan fingerprint density at radius 1 is 1.04 bits per heavy atom. The summed E-state index contributed by atoms with van der Waals surface area (Å²) in [7, 11) is 0. The lowest BCUT2D eigenvalue weighted by atomic mass is 10.1. The zero-order chi connectivity index (χ0) is 17.3. The molecule has 0 radical (unpaired) electrons. The van der Waals surface area contributed by atoms with E-state index in [2.05, 4.69) is 22.4 Å². The van der Waals surface area contributed by atoms with Gasteiger partial charge in [0.15, 0.2) is 0 Å². The molecule has 0 aliphatic heterocycles. The summed E-state index contributed by atoms with van der Waals surface area (Å²) in [5.74, 6) is 0.826. The number of benzene rings is 2. The smallest absolute Gasteiger partial charge is 0.278 e. The van der Waals surface area contributed by atoms with Crippen LogP contribution < -0.4 is 10.1 Å². The van der Waals surface area contributed by atoms with Crippen molar-refractivity contribution >= 4 is 17.2 Å². The molecule has 3 rings (SSSR count). The van der Waals surface area contributed by atoms with E-state index in [-0.39, 0.29) is 5.91 Å². The Morgan fingerprint density at radius 3 is 2.56 bits per heavy atom. The van der Waals surface area contributed by atoms with Crippen LogP contribution in [0.5, 0.6) is 10.9 Å². The van der Waals surface area contributed by atoms with Gasteiger partial charge in [-0.25, -0.2) is 4.98 Å². The fourth-order valence-electron chi connectivity index (χ4n) is 2.42. The molecule has 1 N–H and O–H groups in total. The molecule has 25 heavy (non-hydrogen) atoms. The number of hydrogen-bond donors (Lipinski definition) is 1. The van der Waals surface area contributed by atoms with Crippen molar-refractivity contribution < 1.29 is 9.53 Å². The lowest BCUT2D eigenvalue weighted by molar-refractivity contribution is -0.121. The van der Waals surface area contributed by atoms with Gasteiger partial charge >= 0.3 is 0 Å². The average molecular weight is 352 g/mol. The van der Waals surface area contributed by atoms with E-state index < -0.39 is 0 Å². The molecule has 0 bridgehead atoms. The van der Waals surface area contributed by atoms with Crippen molar-refractivity contribution in [3.05, 3.63) is 77.3 Å². The van der Waals surface area contributed by atoms with Gasteiger partial charge in [-0.3, -0.25) is 4.79 Å². The Labute approximate surface area is 151 Å². The maximum absolute atomic E-state index is 11.9. The molecule has 0 atom stereocenters. The Kier molecular flexibility index (Phi) is 6.17. The van der Waals surface area contributed by atoms with Crippen molar-refractivity contribution in [1.29, 1.82) is 0 Å². The summed E-state index contributed by atoms with van der Waals surface area (Å²) in [6, 6.07) is 17.9. The fraction of sp³-hybridized carbons (Fsp3) is 0.200. The van der Waals surface area contributed by atoms with Crippen molar-refractivity contribution in [2.45, 2.75) is 25.8 Å². The van der Waals surface area contributed by atoms with Crippen LogP contribution in [0, 0.1) is 0 Å². The second kappa shape index (κ2) is 8.99. The van der Waals surface area contributed by atoms with Gasteiger partial charge in [0.1, 0.15) is 5.75 Å². The summed E-state index contributed by atoms with van der Waals surface area (Å²) in [5.41, 5.74) is 2.31. The number of rotatable bonds is 8. The Bertz CT molecular complexity index is 771. The van der Waals surface area contributed by atoms with Crippen LogP contribution in [0.4, 0.5) is 0 Å². The Hall–Kier alpha value is -2.66. The predicted molar refractivity (Wildman–Crippen MR) is 99.9 cm³/mol. The minimum atomic E-state index is 0.0824. The number of aryl methyl sites for hydroxylation is 1. The van der Waals surface area contributed by atoms with Crippen LogP contribution in [0.1, 0.15) is 24.0 Å². The lowest BCUT2D eigenvalue weighted by Crippen LogP contribution is -2.22. The van der Waals surface area contributed by atoms with E-state index in [1.807, 2.05) is 47.8 Å². The van der Waals surface area contributed by atoms with Gasteiger partial charge in [-0.2, -0.15) is 0 Å². The van der Waals surface area contributed by atoms with Crippen LogP contribution in [0.25, 0.3) is 0 Å². The molecule has 1 amide bonds. The first-order valence-corrected chi connectivity index (χ1v) is 9.14. The van der Waals surface area contributed by atoms with E-state index in [1.54, 1.807) is 6.20 Å². The summed E-state index contributed by atoms with van der Waals surface area (Å²) in [5, 5.41) is 5.46. The second-order valence-electron chi connectivity index (χ2n) is 5.66. The first-order chi connectivity index (χ1) is 12.3. The number of thiazole rings is 1. The van der Waals surface area contributed by atoms with Gasteiger partial charge < -0.3 is 10.1 Å². The zero-order valence-corrected chi connectivity index (χ0v) is 14.7. The van der Waals surface area contributed by atoms with E-state index in [9.17, 15) is 4.79 Å². The van der Waals surface area contributed by atoms with Crippen LogP contribution in [0.15, 0.2) is 66.2 Å². The number of ether oxygens (including phenoxy) is 1. The molecule has 0 saturated heterocycles. The molecule has 0 aliphatic rings. The van der Waals surface area contributed by atoms with Gasteiger partial charge in [-0.1, -0.05) is 53.8 Å². The Morgan fingerprint density at radius 2 is 1.84 bits per heavy atom. The number of aromatic nitrogens is 1. The van der Waals surface area contributed by atoms with E-state index in [4.69, 9.17) is 4.74 Å². The van der Waals surface area contributed by atoms with Crippen molar-refractivity contribution in [2.24, 2.45) is 0 Å². The SMILES string of the molecule is O=C(CCCc1ccccc1)NCc1ccc(Oc2nccs2)cc1. The molecule has 128 valence electrons. The quantitative estimate of drug-likeness (QED) is 0.646. The summed E-state index contributed by atoms with van der Waals surface area (Å²) in [6.45, 7) is 0.529. The number of carbonyl (C=O) groups is 1. The molecule has 4 nitrogen and oxygen atoms in total. The van der Waals surface area contributed by atoms with Crippen LogP contribution in [0.2, 0.25) is 0 Å². The minimum Gasteiger partial charge on any atom is -0.431 e. The number of amides is 1. The van der Waals surface area contributed by atoms with Gasteiger partial charge in [0.05, 0.1) is 0 Å². The highest BCUT2D eigenvalue weighted by molar-refractivity contribution is 7.11. The molecule has 5 heteroatoms.